The quantitative estimate of drug-likeness (QED) is 0.757. The Bertz CT molecular complexity index is 434. The Labute approximate surface area is 106 Å². The fraction of sp³-hybridized carbons (Fsp3) is 0.417. The number of ether oxygens (including phenoxy) is 1. The Kier molecular flexibility index (Phi) is 5.10. The first-order valence-corrected chi connectivity index (χ1v) is 5.67. The summed E-state index contributed by atoms with van der Waals surface area (Å²) in [5.41, 5.74) is 0.302. The van der Waals surface area contributed by atoms with E-state index in [9.17, 15) is 9.59 Å². The molecule has 6 heteroatoms. The number of esters is 1. The van der Waals surface area contributed by atoms with Gasteiger partial charge < -0.3 is 15.4 Å². The minimum atomic E-state index is -0.492. The van der Waals surface area contributed by atoms with Crippen LogP contribution in [0.5, 0.6) is 0 Å². The first-order valence-electron chi connectivity index (χ1n) is 5.67. The van der Waals surface area contributed by atoms with Gasteiger partial charge >= 0.3 is 5.97 Å². The Balaban J connectivity index is 2.84. The zero-order chi connectivity index (χ0) is 13.5. The molecule has 18 heavy (non-hydrogen) atoms. The van der Waals surface area contributed by atoms with Crippen molar-refractivity contribution in [1.82, 2.24) is 10.3 Å². The van der Waals surface area contributed by atoms with Crippen molar-refractivity contribution in [3.05, 3.63) is 23.9 Å². The van der Waals surface area contributed by atoms with Crippen molar-refractivity contribution in [3.63, 3.8) is 0 Å². The summed E-state index contributed by atoms with van der Waals surface area (Å²) in [5.74, 6) is -0.309. The van der Waals surface area contributed by atoms with Crippen LogP contribution in [0.4, 0.5) is 5.82 Å². The van der Waals surface area contributed by atoms with Crippen LogP contribution in [0.1, 0.15) is 24.2 Å². The summed E-state index contributed by atoms with van der Waals surface area (Å²) in [6.07, 6.45) is 1.54. The lowest BCUT2D eigenvalue weighted by Gasteiger charge is -2.15. The third kappa shape index (κ3) is 3.44. The molecular weight excluding hydrogens is 234 g/mol. The van der Waals surface area contributed by atoms with E-state index in [4.69, 9.17) is 0 Å². The van der Waals surface area contributed by atoms with Gasteiger partial charge in [-0.2, -0.15) is 0 Å². The summed E-state index contributed by atoms with van der Waals surface area (Å²) in [6, 6.07) is 2.74. The molecule has 1 aromatic rings. The van der Waals surface area contributed by atoms with E-state index in [1.54, 1.807) is 25.3 Å². The largest absolute Gasteiger partial charge is 0.465 e. The maximum Gasteiger partial charge on any atom is 0.341 e. The van der Waals surface area contributed by atoms with Crippen molar-refractivity contribution in [2.24, 2.45) is 0 Å². The van der Waals surface area contributed by atoms with Gasteiger partial charge in [0.15, 0.2) is 0 Å². The highest BCUT2D eigenvalue weighted by Crippen LogP contribution is 2.13. The Morgan fingerprint density at radius 1 is 1.50 bits per heavy atom. The van der Waals surface area contributed by atoms with Crippen molar-refractivity contribution in [3.8, 4) is 0 Å². The van der Waals surface area contributed by atoms with Crippen molar-refractivity contribution in [2.45, 2.75) is 19.9 Å². The third-order valence-electron chi connectivity index (χ3n) is 2.31. The number of hydrogen-bond acceptors (Lipinski definition) is 5. The lowest BCUT2D eigenvalue weighted by Crippen LogP contribution is -2.37. The number of amides is 1. The number of methoxy groups -OCH3 is 1. The van der Waals surface area contributed by atoms with E-state index in [1.165, 1.54) is 7.11 Å². The minimum Gasteiger partial charge on any atom is -0.465 e. The van der Waals surface area contributed by atoms with E-state index in [0.717, 1.165) is 0 Å². The molecule has 6 nitrogen and oxygen atoms in total. The van der Waals surface area contributed by atoms with Gasteiger partial charge in [-0.1, -0.05) is 0 Å². The molecule has 1 atom stereocenters. The second-order valence-corrected chi connectivity index (χ2v) is 3.65. The van der Waals surface area contributed by atoms with E-state index in [2.05, 4.69) is 20.4 Å². The monoisotopic (exact) mass is 251 g/mol. The summed E-state index contributed by atoms with van der Waals surface area (Å²) < 4.78 is 4.65. The number of likely N-dealkylation sites (N-methyl/N-ethyl adjacent to an activating group) is 1. The van der Waals surface area contributed by atoms with Gasteiger partial charge in [0.2, 0.25) is 5.91 Å². The average molecular weight is 251 g/mol. The highest BCUT2D eigenvalue weighted by Gasteiger charge is 2.17. The van der Waals surface area contributed by atoms with Gasteiger partial charge in [-0.25, -0.2) is 9.78 Å². The molecule has 0 saturated heterocycles. The molecule has 1 amide bonds. The van der Waals surface area contributed by atoms with Gasteiger partial charge in [0.05, 0.1) is 7.11 Å². The number of carbonyl (C=O) groups excluding carboxylic acids is 2. The first-order chi connectivity index (χ1) is 8.60. The van der Waals surface area contributed by atoms with E-state index in [-0.39, 0.29) is 5.91 Å². The predicted molar refractivity (Wildman–Crippen MR) is 67.3 cm³/mol. The Hall–Kier alpha value is -2.11. The maximum absolute atomic E-state index is 11.6. The molecule has 0 aliphatic rings. The number of nitrogens with one attached hydrogen (secondary N) is 2. The molecular formula is C12H17N3O3. The van der Waals surface area contributed by atoms with Crippen LogP contribution in [-0.2, 0) is 9.53 Å². The van der Waals surface area contributed by atoms with E-state index < -0.39 is 12.0 Å². The van der Waals surface area contributed by atoms with Crippen LogP contribution in [0.25, 0.3) is 0 Å². The number of hydrogen-bond donors (Lipinski definition) is 2. The van der Waals surface area contributed by atoms with E-state index in [0.29, 0.717) is 17.9 Å². The second-order valence-electron chi connectivity index (χ2n) is 3.65. The second kappa shape index (κ2) is 6.58. The summed E-state index contributed by atoms with van der Waals surface area (Å²) in [6.45, 7) is 4.09. The maximum atomic E-state index is 11.6. The molecule has 0 aliphatic heterocycles. The minimum absolute atomic E-state index is 0.154. The summed E-state index contributed by atoms with van der Waals surface area (Å²) in [7, 11) is 1.30. The third-order valence-corrected chi connectivity index (χ3v) is 2.31. The van der Waals surface area contributed by atoms with Gasteiger partial charge in [0.1, 0.15) is 17.4 Å². The lowest BCUT2D eigenvalue weighted by atomic mass is 10.2. The molecule has 0 saturated carbocycles. The SMILES string of the molecule is CCNC(=O)C(C)Nc1ncccc1C(=O)OC. The van der Waals surface area contributed by atoms with Crippen molar-refractivity contribution in [1.29, 1.82) is 0 Å². The summed E-state index contributed by atoms with van der Waals surface area (Å²) >= 11 is 0. The van der Waals surface area contributed by atoms with Crippen LogP contribution in [0.3, 0.4) is 0 Å². The smallest absolute Gasteiger partial charge is 0.341 e. The molecule has 0 spiro atoms. The first kappa shape index (κ1) is 14.0. The number of anilines is 1. The van der Waals surface area contributed by atoms with Crippen LogP contribution >= 0.6 is 0 Å². The Morgan fingerprint density at radius 3 is 2.83 bits per heavy atom. The molecule has 1 heterocycles. The van der Waals surface area contributed by atoms with Gasteiger partial charge in [0, 0.05) is 12.7 Å². The molecule has 0 bridgehead atoms. The van der Waals surface area contributed by atoms with Crippen LogP contribution < -0.4 is 10.6 Å². The number of nitrogens with zero attached hydrogens (tertiary/aromatic N) is 1. The highest BCUT2D eigenvalue weighted by molar-refractivity contribution is 5.95. The van der Waals surface area contributed by atoms with Crippen molar-refractivity contribution in [2.75, 3.05) is 19.0 Å². The number of pyridine rings is 1. The van der Waals surface area contributed by atoms with Crippen LogP contribution in [0.2, 0.25) is 0 Å². The number of rotatable bonds is 5. The zero-order valence-corrected chi connectivity index (χ0v) is 10.7. The molecule has 1 unspecified atom stereocenters. The number of carbonyl (C=O) groups is 2. The highest BCUT2D eigenvalue weighted by atomic mass is 16.5. The van der Waals surface area contributed by atoms with Gasteiger partial charge in [0.25, 0.3) is 0 Å². The van der Waals surface area contributed by atoms with Crippen LogP contribution in [0, 0.1) is 0 Å². The fourth-order valence-corrected chi connectivity index (χ4v) is 1.39. The molecule has 1 aromatic heterocycles. The van der Waals surface area contributed by atoms with Gasteiger partial charge in [-0.3, -0.25) is 4.79 Å². The standard InChI is InChI=1S/C12H17N3O3/c1-4-13-11(16)8(2)15-10-9(12(17)18-3)6-5-7-14-10/h5-8H,4H2,1-3H3,(H,13,16)(H,14,15). The van der Waals surface area contributed by atoms with E-state index >= 15 is 0 Å². The predicted octanol–water partition coefficient (Wildman–Crippen LogP) is 0.805. The molecule has 2 N–H and O–H groups in total. The molecule has 98 valence electrons. The lowest BCUT2D eigenvalue weighted by molar-refractivity contribution is -0.121. The average Bonchev–Trinajstić information content (AvgIpc) is 2.38. The molecule has 1 rings (SSSR count). The molecule has 0 radical (unpaired) electrons. The van der Waals surface area contributed by atoms with E-state index in [1.807, 2.05) is 6.92 Å². The normalized spacial score (nSPS) is 11.5. The van der Waals surface area contributed by atoms with Gasteiger partial charge in [-0.05, 0) is 26.0 Å². The van der Waals surface area contributed by atoms with Crippen LogP contribution in [-0.4, -0.2) is 36.6 Å². The van der Waals surface area contributed by atoms with Crippen LogP contribution in [0.15, 0.2) is 18.3 Å². The molecule has 0 aliphatic carbocycles. The molecule has 0 aromatic carbocycles. The summed E-state index contributed by atoms with van der Waals surface area (Å²) in [5, 5.41) is 5.57. The Morgan fingerprint density at radius 2 is 2.22 bits per heavy atom. The topological polar surface area (TPSA) is 80.3 Å². The fourth-order valence-electron chi connectivity index (χ4n) is 1.39. The van der Waals surface area contributed by atoms with Crippen molar-refractivity contribution >= 4 is 17.7 Å². The zero-order valence-electron chi connectivity index (χ0n) is 10.7. The van der Waals surface area contributed by atoms with Gasteiger partial charge in [-0.15, -0.1) is 0 Å². The molecule has 0 fully saturated rings. The number of aromatic nitrogens is 1. The van der Waals surface area contributed by atoms with Crippen molar-refractivity contribution < 1.29 is 14.3 Å². The summed E-state index contributed by atoms with van der Waals surface area (Å²) in [4.78, 5) is 27.1.